The van der Waals surface area contributed by atoms with Gasteiger partial charge in [-0.3, -0.25) is 4.99 Å². The van der Waals surface area contributed by atoms with Gasteiger partial charge in [0.2, 0.25) is 5.89 Å². The minimum Gasteiger partial charge on any atom is -0.491 e. The van der Waals surface area contributed by atoms with Crippen molar-refractivity contribution in [3.8, 4) is 16.5 Å². The summed E-state index contributed by atoms with van der Waals surface area (Å²) in [6.07, 6.45) is 4.04. The summed E-state index contributed by atoms with van der Waals surface area (Å²) in [4.78, 5) is 9.86. The molecule has 7 nitrogen and oxygen atoms in total. The highest BCUT2D eigenvalue weighted by atomic mass is 32.1. The number of aromatic nitrogens is 1. The highest BCUT2D eigenvalue weighted by molar-refractivity contribution is 7.13. The molecule has 8 heteroatoms. The van der Waals surface area contributed by atoms with Crippen LogP contribution >= 0.6 is 11.3 Å². The number of rotatable bonds is 8. The van der Waals surface area contributed by atoms with Gasteiger partial charge in [-0.1, -0.05) is 18.2 Å². The molecule has 0 radical (unpaired) electrons. The Kier molecular flexibility index (Phi) is 7.22. The summed E-state index contributed by atoms with van der Waals surface area (Å²) in [6, 6.07) is 10.2. The van der Waals surface area contributed by atoms with Crippen molar-refractivity contribution >= 4 is 17.3 Å². The summed E-state index contributed by atoms with van der Waals surface area (Å²) in [5.74, 6) is 2.21. The van der Waals surface area contributed by atoms with E-state index in [2.05, 4.69) is 45.7 Å². The minimum atomic E-state index is 0.192. The van der Waals surface area contributed by atoms with E-state index in [-0.39, 0.29) is 6.10 Å². The van der Waals surface area contributed by atoms with E-state index in [0.717, 1.165) is 41.3 Å². The van der Waals surface area contributed by atoms with E-state index in [0.29, 0.717) is 31.5 Å². The molecule has 0 amide bonds. The van der Waals surface area contributed by atoms with Crippen molar-refractivity contribution in [1.82, 2.24) is 15.6 Å². The van der Waals surface area contributed by atoms with Crippen molar-refractivity contribution in [2.45, 2.75) is 39.0 Å². The molecule has 2 aromatic heterocycles. The van der Waals surface area contributed by atoms with Crippen molar-refractivity contribution in [3.63, 3.8) is 0 Å². The first-order chi connectivity index (χ1) is 15.2. The molecule has 1 fully saturated rings. The Morgan fingerprint density at radius 3 is 2.97 bits per heavy atom. The molecular weight excluding hydrogens is 412 g/mol. The summed E-state index contributed by atoms with van der Waals surface area (Å²) < 4.78 is 17.3. The maximum atomic E-state index is 6.09. The zero-order chi connectivity index (χ0) is 21.5. The van der Waals surface area contributed by atoms with Crippen LogP contribution in [0.5, 0.6) is 5.75 Å². The number of hydrogen-bond donors (Lipinski definition) is 2. The van der Waals surface area contributed by atoms with Gasteiger partial charge in [-0.2, -0.15) is 0 Å². The molecular formula is C23H28N4O3S. The SMILES string of the molecule is CN=C(NCc1coc(-c2cccs2)n1)NCc1ccc(C)cc1OCC1CCCO1. The lowest BCUT2D eigenvalue weighted by Crippen LogP contribution is -2.36. The summed E-state index contributed by atoms with van der Waals surface area (Å²) in [7, 11) is 1.75. The molecule has 1 unspecified atom stereocenters. The second-order valence-electron chi connectivity index (χ2n) is 7.46. The number of aliphatic imine (C=N–C) groups is 1. The molecule has 31 heavy (non-hydrogen) atoms. The van der Waals surface area contributed by atoms with E-state index in [4.69, 9.17) is 13.9 Å². The quantitative estimate of drug-likeness (QED) is 0.405. The largest absolute Gasteiger partial charge is 0.491 e. The molecule has 0 saturated carbocycles. The van der Waals surface area contributed by atoms with E-state index >= 15 is 0 Å². The summed E-state index contributed by atoms with van der Waals surface area (Å²) in [5, 5.41) is 8.64. The molecule has 1 atom stereocenters. The first-order valence-corrected chi connectivity index (χ1v) is 11.4. The Hall–Kier alpha value is -2.84. The van der Waals surface area contributed by atoms with Crippen LogP contribution in [0.1, 0.15) is 29.7 Å². The van der Waals surface area contributed by atoms with Gasteiger partial charge in [0.1, 0.15) is 18.6 Å². The molecule has 0 bridgehead atoms. The molecule has 1 aliphatic rings. The molecule has 2 N–H and O–H groups in total. The standard InChI is InChI=1S/C23H28N4O3S/c1-16-7-8-17(20(11-16)29-15-19-5-3-9-28-19)12-25-23(24-2)26-13-18-14-30-22(27-18)21-6-4-10-31-21/h4,6-8,10-11,14,19H,3,5,9,12-13,15H2,1-2H3,(H2,24,25,26). The topological polar surface area (TPSA) is 80.9 Å². The molecule has 3 aromatic rings. The second kappa shape index (κ2) is 10.5. The van der Waals surface area contributed by atoms with Crippen LogP contribution in [-0.4, -0.2) is 37.3 Å². The molecule has 3 heterocycles. The summed E-state index contributed by atoms with van der Waals surface area (Å²) >= 11 is 1.61. The van der Waals surface area contributed by atoms with Crippen molar-refractivity contribution in [3.05, 3.63) is 58.8 Å². The van der Waals surface area contributed by atoms with Crippen molar-refractivity contribution in [2.75, 3.05) is 20.3 Å². The summed E-state index contributed by atoms with van der Waals surface area (Å²) in [6.45, 7) is 4.60. The van der Waals surface area contributed by atoms with Crippen LogP contribution in [-0.2, 0) is 17.8 Å². The van der Waals surface area contributed by atoms with Gasteiger partial charge >= 0.3 is 0 Å². The zero-order valence-electron chi connectivity index (χ0n) is 17.9. The Morgan fingerprint density at radius 2 is 2.19 bits per heavy atom. The maximum Gasteiger partial charge on any atom is 0.236 e. The average Bonchev–Trinajstić information content (AvgIpc) is 3.55. The fourth-order valence-electron chi connectivity index (χ4n) is 3.38. The number of guanidine groups is 1. The first-order valence-electron chi connectivity index (χ1n) is 10.5. The van der Waals surface area contributed by atoms with E-state index in [1.54, 1.807) is 24.6 Å². The lowest BCUT2D eigenvalue weighted by Gasteiger charge is -2.17. The minimum absolute atomic E-state index is 0.192. The highest BCUT2D eigenvalue weighted by Gasteiger charge is 2.17. The van der Waals surface area contributed by atoms with Crippen LogP contribution in [0, 0.1) is 6.92 Å². The molecule has 1 aliphatic heterocycles. The van der Waals surface area contributed by atoms with Crippen LogP contribution in [0.25, 0.3) is 10.8 Å². The molecule has 1 saturated heterocycles. The third-order valence-electron chi connectivity index (χ3n) is 5.06. The van der Waals surface area contributed by atoms with Gasteiger partial charge in [-0.05, 0) is 42.8 Å². The maximum absolute atomic E-state index is 6.09. The number of aryl methyl sites for hydroxylation is 1. The predicted octanol–water partition coefficient (Wildman–Crippen LogP) is 4.13. The number of ether oxygens (including phenoxy) is 2. The smallest absolute Gasteiger partial charge is 0.236 e. The number of nitrogens with zero attached hydrogens (tertiary/aromatic N) is 2. The Bertz CT molecular complexity index is 994. The number of hydrogen-bond acceptors (Lipinski definition) is 6. The average molecular weight is 441 g/mol. The van der Waals surface area contributed by atoms with Gasteiger partial charge in [0.05, 0.1) is 23.2 Å². The van der Waals surface area contributed by atoms with E-state index in [1.807, 2.05) is 17.5 Å². The fraction of sp³-hybridized carbons (Fsp3) is 0.391. The van der Waals surface area contributed by atoms with E-state index in [9.17, 15) is 0 Å². The predicted molar refractivity (Wildman–Crippen MR) is 123 cm³/mol. The molecule has 0 aliphatic carbocycles. The van der Waals surface area contributed by atoms with Crippen LogP contribution in [0.2, 0.25) is 0 Å². The second-order valence-corrected chi connectivity index (χ2v) is 8.41. The fourth-order valence-corrected chi connectivity index (χ4v) is 4.03. The Balaban J connectivity index is 1.31. The van der Waals surface area contributed by atoms with Gasteiger partial charge in [0.25, 0.3) is 0 Å². The lowest BCUT2D eigenvalue weighted by molar-refractivity contribution is 0.0676. The lowest BCUT2D eigenvalue weighted by atomic mass is 10.1. The normalized spacial score (nSPS) is 16.5. The van der Waals surface area contributed by atoms with Gasteiger partial charge in [0.15, 0.2) is 5.96 Å². The van der Waals surface area contributed by atoms with Gasteiger partial charge in [-0.15, -0.1) is 11.3 Å². The van der Waals surface area contributed by atoms with Crippen LogP contribution < -0.4 is 15.4 Å². The van der Waals surface area contributed by atoms with Crippen LogP contribution in [0.15, 0.2) is 51.4 Å². The van der Waals surface area contributed by atoms with Crippen molar-refractivity contribution < 1.29 is 13.9 Å². The molecule has 164 valence electrons. The zero-order valence-corrected chi connectivity index (χ0v) is 18.7. The van der Waals surface area contributed by atoms with E-state index < -0.39 is 0 Å². The highest BCUT2D eigenvalue weighted by Crippen LogP contribution is 2.24. The molecule has 1 aromatic carbocycles. The monoisotopic (exact) mass is 440 g/mol. The molecule has 0 spiro atoms. The van der Waals surface area contributed by atoms with Crippen LogP contribution in [0.4, 0.5) is 0 Å². The van der Waals surface area contributed by atoms with Gasteiger partial charge in [0, 0.05) is 25.8 Å². The first kappa shape index (κ1) is 21.4. The Morgan fingerprint density at radius 1 is 1.29 bits per heavy atom. The number of thiophene rings is 1. The number of nitrogens with one attached hydrogen (secondary N) is 2. The van der Waals surface area contributed by atoms with Gasteiger partial charge < -0.3 is 24.5 Å². The van der Waals surface area contributed by atoms with Crippen molar-refractivity contribution in [1.29, 1.82) is 0 Å². The third kappa shape index (κ3) is 5.86. The number of benzene rings is 1. The summed E-state index contributed by atoms with van der Waals surface area (Å²) in [5.41, 5.74) is 3.07. The van der Waals surface area contributed by atoms with Gasteiger partial charge in [-0.25, -0.2) is 4.98 Å². The van der Waals surface area contributed by atoms with E-state index in [1.165, 1.54) is 5.56 Å². The van der Waals surface area contributed by atoms with Crippen LogP contribution in [0.3, 0.4) is 0 Å². The molecule has 4 rings (SSSR count). The van der Waals surface area contributed by atoms with Crippen molar-refractivity contribution in [2.24, 2.45) is 4.99 Å². The Labute approximate surface area is 186 Å². The number of oxazole rings is 1. The third-order valence-corrected chi connectivity index (χ3v) is 5.92.